The van der Waals surface area contributed by atoms with Crippen LogP contribution in [0.15, 0.2) is 77.9 Å². The Bertz CT molecular complexity index is 1260. The number of amides is 1. The van der Waals surface area contributed by atoms with Crippen molar-refractivity contribution in [3.05, 3.63) is 88.9 Å². The molecule has 0 heterocycles. The maximum Gasteiger partial charge on any atom is 0.260 e. The highest BCUT2D eigenvalue weighted by atomic mass is 35.5. The van der Waals surface area contributed by atoms with E-state index in [1.54, 1.807) is 67.6 Å². The quantitative estimate of drug-likeness (QED) is 0.304. The molecular formula is C25H26ClN3O5S. The van der Waals surface area contributed by atoms with Crippen molar-refractivity contribution in [2.24, 2.45) is 5.10 Å². The van der Waals surface area contributed by atoms with E-state index in [0.29, 0.717) is 29.7 Å². The van der Waals surface area contributed by atoms with Gasteiger partial charge in [-0.05, 0) is 66.6 Å². The van der Waals surface area contributed by atoms with E-state index in [4.69, 9.17) is 21.1 Å². The van der Waals surface area contributed by atoms with Gasteiger partial charge in [-0.15, -0.1) is 0 Å². The maximum atomic E-state index is 12.4. The van der Waals surface area contributed by atoms with Gasteiger partial charge in [0.15, 0.2) is 0 Å². The smallest absolute Gasteiger partial charge is 0.260 e. The number of para-hydroxylation sites is 2. The summed E-state index contributed by atoms with van der Waals surface area (Å²) in [5.41, 5.74) is 4.37. The number of anilines is 1. The Labute approximate surface area is 210 Å². The van der Waals surface area contributed by atoms with Gasteiger partial charge in [0.1, 0.15) is 24.7 Å². The number of sulfonamides is 1. The number of ether oxygens (including phenoxy) is 2. The third-order valence-electron chi connectivity index (χ3n) is 4.72. The molecule has 0 saturated heterocycles. The summed E-state index contributed by atoms with van der Waals surface area (Å²) in [6.45, 7) is 2.11. The summed E-state index contributed by atoms with van der Waals surface area (Å²) in [5, 5.41) is 4.60. The van der Waals surface area contributed by atoms with Crippen LogP contribution in [-0.2, 0) is 21.4 Å². The molecule has 0 spiro atoms. The molecular weight excluding hydrogens is 490 g/mol. The van der Waals surface area contributed by atoms with Crippen LogP contribution in [0.3, 0.4) is 0 Å². The van der Waals surface area contributed by atoms with Crippen LogP contribution in [0.2, 0.25) is 5.02 Å². The Morgan fingerprint density at radius 1 is 1.03 bits per heavy atom. The molecule has 0 unspecified atom stereocenters. The average Bonchev–Trinajstić information content (AvgIpc) is 2.83. The fraction of sp³-hybridized carbons (Fsp3) is 0.200. The lowest BCUT2D eigenvalue weighted by molar-refractivity contribution is -0.119. The molecule has 0 fully saturated rings. The van der Waals surface area contributed by atoms with Gasteiger partial charge in [-0.3, -0.25) is 9.10 Å². The Kier molecular flexibility index (Phi) is 9.11. The van der Waals surface area contributed by atoms with Crippen molar-refractivity contribution in [1.82, 2.24) is 5.43 Å². The second kappa shape index (κ2) is 12.2. The van der Waals surface area contributed by atoms with Crippen molar-refractivity contribution in [3.8, 4) is 11.5 Å². The van der Waals surface area contributed by atoms with Gasteiger partial charge in [-0.25, -0.2) is 13.8 Å². The van der Waals surface area contributed by atoms with E-state index in [0.717, 1.165) is 21.7 Å². The van der Waals surface area contributed by atoms with E-state index in [1.807, 2.05) is 12.1 Å². The standard InChI is InChI=1S/C25H26ClN3O5S/c1-3-33-24-7-5-4-6-23(24)29(35(2,31)32)17-25(30)28-27-16-19-10-14-22(15-11-19)34-18-20-8-12-21(26)13-9-20/h4-16H,3,17-18H2,1-2H3,(H,28,30)/b27-16-. The van der Waals surface area contributed by atoms with Gasteiger partial charge in [-0.2, -0.15) is 5.10 Å². The molecule has 184 valence electrons. The molecule has 0 aliphatic heterocycles. The molecule has 3 aromatic rings. The number of benzene rings is 3. The normalized spacial score (nSPS) is 11.3. The molecule has 1 N–H and O–H groups in total. The zero-order valence-electron chi connectivity index (χ0n) is 19.3. The van der Waals surface area contributed by atoms with E-state index >= 15 is 0 Å². The second-order valence-electron chi connectivity index (χ2n) is 7.45. The number of hydrazone groups is 1. The molecule has 0 aliphatic rings. The first-order valence-corrected chi connectivity index (χ1v) is 13.0. The molecule has 0 saturated carbocycles. The number of halogens is 1. The maximum absolute atomic E-state index is 12.4. The highest BCUT2D eigenvalue weighted by Gasteiger charge is 2.23. The van der Waals surface area contributed by atoms with Crippen molar-refractivity contribution in [1.29, 1.82) is 0 Å². The van der Waals surface area contributed by atoms with E-state index in [1.165, 1.54) is 6.21 Å². The average molecular weight is 516 g/mol. The van der Waals surface area contributed by atoms with E-state index < -0.39 is 22.5 Å². The highest BCUT2D eigenvalue weighted by Crippen LogP contribution is 2.29. The molecule has 8 nitrogen and oxygen atoms in total. The van der Waals surface area contributed by atoms with E-state index in [9.17, 15) is 13.2 Å². The Morgan fingerprint density at radius 3 is 2.37 bits per heavy atom. The number of rotatable bonds is 11. The predicted molar refractivity (Wildman–Crippen MR) is 138 cm³/mol. The number of nitrogens with one attached hydrogen (secondary N) is 1. The van der Waals surface area contributed by atoms with Gasteiger partial charge < -0.3 is 9.47 Å². The molecule has 3 aromatic carbocycles. The summed E-state index contributed by atoms with van der Waals surface area (Å²) in [4.78, 5) is 12.4. The largest absolute Gasteiger partial charge is 0.492 e. The molecule has 0 aliphatic carbocycles. The van der Waals surface area contributed by atoms with Crippen LogP contribution in [0.4, 0.5) is 5.69 Å². The van der Waals surface area contributed by atoms with Crippen LogP contribution in [0.25, 0.3) is 0 Å². The SMILES string of the molecule is CCOc1ccccc1N(CC(=O)N/N=C\c1ccc(OCc2ccc(Cl)cc2)cc1)S(C)(=O)=O. The first kappa shape index (κ1) is 26.1. The number of hydrogen-bond acceptors (Lipinski definition) is 6. The van der Waals surface area contributed by atoms with Crippen molar-refractivity contribution in [2.75, 3.05) is 23.7 Å². The van der Waals surface area contributed by atoms with Gasteiger partial charge in [0.05, 0.1) is 24.8 Å². The lowest BCUT2D eigenvalue weighted by atomic mass is 10.2. The summed E-state index contributed by atoms with van der Waals surface area (Å²) in [6, 6.07) is 21.2. The van der Waals surface area contributed by atoms with Crippen LogP contribution in [-0.4, -0.2) is 39.9 Å². The molecule has 3 rings (SSSR count). The minimum absolute atomic E-state index is 0.283. The lowest BCUT2D eigenvalue weighted by Gasteiger charge is -2.23. The van der Waals surface area contributed by atoms with Gasteiger partial charge >= 0.3 is 0 Å². The first-order chi connectivity index (χ1) is 16.8. The first-order valence-electron chi connectivity index (χ1n) is 10.7. The zero-order valence-corrected chi connectivity index (χ0v) is 20.9. The number of carbonyl (C=O) groups is 1. The van der Waals surface area contributed by atoms with Crippen LogP contribution in [0.5, 0.6) is 11.5 Å². The topological polar surface area (TPSA) is 97.3 Å². The number of hydrogen-bond donors (Lipinski definition) is 1. The number of nitrogens with zero attached hydrogens (tertiary/aromatic N) is 2. The van der Waals surface area contributed by atoms with Crippen molar-refractivity contribution in [2.45, 2.75) is 13.5 Å². The Balaban J connectivity index is 1.57. The van der Waals surface area contributed by atoms with Crippen molar-refractivity contribution < 1.29 is 22.7 Å². The zero-order chi connectivity index (χ0) is 25.3. The fourth-order valence-electron chi connectivity index (χ4n) is 3.06. The van der Waals surface area contributed by atoms with E-state index in [2.05, 4.69) is 10.5 Å². The van der Waals surface area contributed by atoms with Gasteiger partial charge in [0.2, 0.25) is 10.0 Å². The molecule has 0 atom stereocenters. The lowest BCUT2D eigenvalue weighted by Crippen LogP contribution is -2.39. The third kappa shape index (κ3) is 8.01. The van der Waals surface area contributed by atoms with Crippen LogP contribution >= 0.6 is 11.6 Å². The third-order valence-corrected chi connectivity index (χ3v) is 6.10. The van der Waals surface area contributed by atoms with Gasteiger partial charge in [0.25, 0.3) is 5.91 Å². The Hall–Kier alpha value is -3.56. The highest BCUT2D eigenvalue weighted by molar-refractivity contribution is 7.92. The van der Waals surface area contributed by atoms with Crippen molar-refractivity contribution >= 4 is 39.4 Å². The van der Waals surface area contributed by atoms with Crippen LogP contribution < -0.4 is 19.2 Å². The van der Waals surface area contributed by atoms with E-state index in [-0.39, 0.29) is 5.69 Å². The molecule has 10 heteroatoms. The minimum atomic E-state index is -3.74. The molecule has 35 heavy (non-hydrogen) atoms. The minimum Gasteiger partial charge on any atom is -0.492 e. The van der Waals surface area contributed by atoms with Gasteiger partial charge in [0, 0.05) is 5.02 Å². The molecule has 0 radical (unpaired) electrons. The van der Waals surface area contributed by atoms with Gasteiger partial charge in [-0.1, -0.05) is 35.9 Å². The monoisotopic (exact) mass is 515 g/mol. The molecule has 1 amide bonds. The second-order valence-corrected chi connectivity index (χ2v) is 9.79. The predicted octanol–water partition coefficient (Wildman–Crippen LogP) is 4.23. The molecule has 0 bridgehead atoms. The summed E-state index contributed by atoms with van der Waals surface area (Å²) < 4.78 is 36.9. The summed E-state index contributed by atoms with van der Waals surface area (Å²) in [7, 11) is -3.74. The van der Waals surface area contributed by atoms with Crippen LogP contribution in [0, 0.1) is 0 Å². The summed E-state index contributed by atoms with van der Waals surface area (Å²) in [5.74, 6) is 0.453. The fourth-order valence-corrected chi connectivity index (χ4v) is 4.05. The van der Waals surface area contributed by atoms with Crippen molar-refractivity contribution in [3.63, 3.8) is 0 Å². The summed E-state index contributed by atoms with van der Waals surface area (Å²) >= 11 is 5.88. The molecule has 0 aromatic heterocycles. The van der Waals surface area contributed by atoms with Crippen LogP contribution in [0.1, 0.15) is 18.1 Å². The number of carbonyl (C=O) groups excluding carboxylic acids is 1. The summed E-state index contributed by atoms with van der Waals surface area (Å²) in [6.07, 6.45) is 2.49. The Morgan fingerprint density at radius 2 is 1.71 bits per heavy atom.